The average Bonchev–Trinajstić information content (AvgIpc) is 2.41. The Morgan fingerprint density at radius 3 is 2.30 bits per heavy atom. The van der Waals surface area contributed by atoms with Crippen molar-refractivity contribution in [3.63, 3.8) is 0 Å². The summed E-state index contributed by atoms with van der Waals surface area (Å²) in [5.74, 6) is -0.551. The van der Waals surface area contributed by atoms with Gasteiger partial charge in [0.15, 0.2) is 0 Å². The topological polar surface area (TPSA) is 55.4 Å². The molecule has 0 spiro atoms. The number of carbonyl (C=O) groups excluding carboxylic acids is 2. The van der Waals surface area contributed by atoms with Crippen molar-refractivity contribution in [1.82, 2.24) is 5.32 Å². The maximum atomic E-state index is 12.0. The second-order valence-electron chi connectivity index (χ2n) is 5.88. The minimum absolute atomic E-state index is 0.140. The number of hydrogen-bond acceptors (Lipinski definition) is 3. The van der Waals surface area contributed by atoms with E-state index in [9.17, 15) is 9.59 Å². The molecule has 1 amide bonds. The monoisotopic (exact) mass is 277 g/mol. The van der Waals surface area contributed by atoms with Gasteiger partial charge in [0, 0.05) is 6.42 Å². The molecule has 0 saturated carbocycles. The molecule has 0 aliphatic carbocycles. The molecule has 110 valence electrons. The summed E-state index contributed by atoms with van der Waals surface area (Å²) in [5.41, 5.74) is 0.725. The summed E-state index contributed by atoms with van der Waals surface area (Å²) >= 11 is 0. The molecule has 0 heterocycles. The first kappa shape index (κ1) is 16.2. The van der Waals surface area contributed by atoms with Gasteiger partial charge in [0.1, 0.15) is 6.04 Å². The first-order valence-electron chi connectivity index (χ1n) is 6.75. The molecule has 0 radical (unpaired) electrons. The highest BCUT2D eigenvalue weighted by Gasteiger charge is 2.33. The number of methoxy groups -OCH3 is 1. The number of rotatable bonds is 5. The van der Waals surface area contributed by atoms with Gasteiger partial charge in [0.05, 0.1) is 7.11 Å². The number of benzene rings is 1. The minimum Gasteiger partial charge on any atom is -0.467 e. The van der Waals surface area contributed by atoms with Crippen LogP contribution in [0.5, 0.6) is 0 Å². The van der Waals surface area contributed by atoms with E-state index in [4.69, 9.17) is 4.74 Å². The fourth-order valence-electron chi connectivity index (χ4n) is 1.88. The van der Waals surface area contributed by atoms with Gasteiger partial charge in [0.2, 0.25) is 5.91 Å². The normalized spacial score (nSPS) is 12.6. The summed E-state index contributed by atoms with van der Waals surface area (Å²) in [5, 5.41) is 2.76. The molecule has 0 bridgehead atoms. The van der Waals surface area contributed by atoms with E-state index in [1.54, 1.807) is 0 Å². The van der Waals surface area contributed by atoms with Gasteiger partial charge in [-0.25, -0.2) is 4.79 Å². The summed E-state index contributed by atoms with van der Waals surface area (Å²) in [6.45, 7) is 5.68. The summed E-state index contributed by atoms with van der Waals surface area (Å²) < 4.78 is 4.75. The summed E-state index contributed by atoms with van der Waals surface area (Å²) in [7, 11) is 1.33. The van der Waals surface area contributed by atoms with Crippen molar-refractivity contribution in [1.29, 1.82) is 0 Å². The predicted octanol–water partition coefficient (Wildman–Crippen LogP) is 2.32. The van der Waals surface area contributed by atoms with Crippen LogP contribution in [-0.4, -0.2) is 25.0 Å². The van der Waals surface area contributed by atoms with Gasteiger partial charge < -0.3 is 10.1 Å². The van der Waals surface area contributed by atoms with E-state index in [0.29, 0.717) is 12.8 Å². The zero-order chi connectivity index (χ0) is 15.2. The fraction of sp³-hybridized carbons (Fsp3) is 0.500. The van der Waals surface area contributed by atoms with Crippen molar-refractivity contribution in [2.24, 2.45) is 5.41 Å². The smallest absolute Gasteiger partial charge is 0.328 e. The Labute approximate surface area is 120 Å². The number of amides is 1. The maximum absolute atomic E-state index is 12.0. The molecule has 4 nitrogen and oxygen atoms in total. The first-order valence-corrected chi connectivity index (χ1v) is 6.75. The van der Waals surface area contributed by atoms with Crippen molar-refractivity contribution in [2.45, 2.75) is 39.7 Å². The average molecular weight is 277 g/mol. The van der Waals surface area contributed by atoms with Crippen LogP contribution in [0.3, 0.4) is 0 Å². The number of esters is 1. The summed E-state index contributed by atoms with van der Waals surface area (Å²) in [6.07, 6.45) is 1.01. The van der Waals surface area contributed by atoms with E-state index in [1.165, 1.54) is 7.11 Å². The van der Waals surface area contributed by atoms with E-state index in [2.05, 4.69) is 5.32 Å². The number of hydrogen-bond donors (Lipinski definition) is 1. The van der Waals surface area contributed by atoms with Crippen molar-refractivity contribution in [2.75, 3.05) is 7.11 Å². The third kappa shape index (κ3) is 5.03. The lowest BCUT2D eigenvalue weighted by Crippen LogP contribution is -2.49. The van der Waals surface area contributed by atoms with Crippen LogP contribution in [0, 0.1) is 5.41 Å². The lowest BCUT2D eigenvalue weighted by Gasteiger charge is -2.29. The Morgan fingerprint density at radius 2 is 1.80 bits per heavy atom. The quantitative estimate of drug-likeness (QED) is 0.840. The third-order valence-corrected chi connectivity index (χ3v) is 3.09. The third-order valence-electron chi connectivity index (χ3n) is 3.09. The van der Waals surface area contributed by atoms with Gasteiger partial charge in [-0.15, -0.1) is 0 Å². The van der Waals surface area contributed by atoms with Gasteiger partial charge in [-0.2, -0.15) is 0 Å². The van der Waals surface area contributed by atoms with Crippen molar-refractivity contribution < 1.29 is 14.3 Å². The lowest BCUT2D eigenvalue weighted by molar-refractivity contribution is -0.148. The molecule has 20 heavy (non-hydrogen) atoms. The maximum Gasteiger partial charge on any atom is 0.328 e. The predicted molar refractivity (Wildman–Crippen MR) is 78.2 cm³/mol. The van der Waals surface area contributed by atoms with Gasteiger partial charge >= 0.3 is 5.97 Å². The molecule has 1 N–H and O–H groups in total. The molecule has 0 fully saturated rings. The van der Waals surface area contributed by atoms with Gasteiger partial charge in [0.25, 0.3) is 0 Å². The molecule has 0 aliphatic heterocycles. The standard InChI is InChI=1S/C16H23NO3/c1-16(2,3)14(15(19)20-4)17-13(18)11-10-12-8-6-5-7-9-12/h5-9,14H,10-11H2,1-4H3,(H,17,18)/t14-/m1/s1. The van der Waals surface area contributed by atoms with Gasteiger partial charge in [-0.05, 0) is 17.4 Å². The van der Waals surface area contributed by atoms with Gasteiger partial charge in [-0.3, -0.25) is 4.79 Å². The molecule has 1 rings (SSSR count). The van der Waals surface area contributed by atoms with Crippen LogP contribution in [0.2, 0.25) is 0 Å². The molecule has 0 unspecified atom stereocenters. The zero-order valence-electron chi connectivity index (χ0n) is 12.6. The van der Waals surface area contributed by atoms with Crippen LogP contribution < -0.4 is 5.32 Å². The highest BCUT2D eigenvalue weighted by atomic mass is 16.5. The second-order valence-corrected chi connectivity index (χ2v) is 5.88. The highest BCUT2D eigenvalue weighted by Crippen LogP contribution is 2.20. The first-order chi connectivity index (χ1) is 9.34. The Bertz CT molecular complexity index is 449. The number of carbonyl (C=O) groups is 2. The van der Waals surface area contributed by atoms with Crippen LogP contribution in [0.25, 0.3) is 0 Å². The number of aryl methyl sites for hydroxylation is 1. The molecule has 1 aromatic rings. The minimum atomic E-state index is -0.629. The second kappa shape index (κ2) is 7.08. The van der Waals surface area contributed by atoms with E-state index >= 15 is 0 Å². The summed E-state index contributed by atoms with van der Waals surface area (Å²) in [6, 6.07) is 9.16. The van der Waals surface area contributed by atoms with Crippen molar-refractivity contribution in [3.05, 3.63) is 35.9 Å². The van der Waals surface area contributed by atoms with E-state index < -0.39 is 12.0 Å². The van der Waals surface area contributed by atoms with E-state index in [-0.39, 0.29) is 11.3 Å². The Kier molecular flexibility index (Phi) is 5.74. The van der Waals surface area contributed by atoms with E-state index in [1.807, 2.05) is 51.1 Å². The Balaban J connectivity index is 2.57. The zero-order valence-corrected chi connectivity index (χ0v) is 12.6. The molecule has 1 aromatic carbocycles. The molecule has 4 heteroatoms. The molecular weight excluding hydrogens is 254 g/mol. The molecule has 0 aromatic heterocycles. The molecule has 0 aliphatic rings. The highest BCUT2D eigenvalue weighted by molar-refractivity contribution is 5.85. The van der Waals surface area contributed by atoms with Crippen LogP contribution in [0.1, 0.15) is 32.8 Å². The van der Waals surface area contributed by atoms with E-state index in [0.717, 1.165) is 5.56 Å². The summed E-state index contributed by atoms with van der Waals surface area (Å²) in [4.78, 5) is 23.7. The molecule has 1 atom stereocenters. The SMILES string of the molecule is COC(=O)[C@@H](NC(=O)CCc1ccccc1)C(C)(C)C. The van der Waals surface area contributed by atoms with Crippen LogP contribution in [0.4, 0.5) is 0 Å². The lowest BCUT2D eigenvalue weighted by atomic mass is 9.86. The Morgan fingerprint density at radius 1 is 1.20 bits per heavy atom. The van der Waals surface area contributed by atoms with Crippen LogP contribution in [-0.2, 0) is 20.7 Å². The fourth-order valence-corrected chi connectivity index (χ4v) is 1.88. The van der Waals surface area contributed by atoms with Crippen LogP contribution in [0.15, 0.2) is 30.3 Å². The number of ether oxygens (including phenoxy) is 1. The van der Waals surface area contributed by atoms with Crippen molar-refractivity contribution in [3.8, 4) is 0 Å². The van der Waals surface area contributed by atoms with Crippen LogP contribution >= 0.6 is 0 Å². The largest absolute Gasteiger partial charge is 0.467 e. The van der Waals surface area contributed by atoms with Gasteiger partial charge in [-0.1, -0.05) is 51.1 Å². The molecule has 0 saturated heterocycles. The molecular formula is C16H23NO3. The Hall–Kier alpha value is -1.84. The van der Waals surface area contributed by atoms with Crippen molar-refractivity contribution >= 4 is 11.9 Å². The number of nitrogens with one attached hydrogen (secondary N) is 1.